The van der Waals surface area contributed by atoms with Gasteiger partial charge in [0, 0.05) is 12.2 Å². The van der Waals surface area contributed by atoms with E-state index in [9.17, 15) is 4.79 Å². The highest BCUT2D eigenvalue weighted by Gasteiger charge is 2.17. The summed E-state index contributed by atoms with van der Waals surface area (Å²) in [5, 5.41) is 7.26. The Morgan fingerprint density at radius 2 is 2.26 bits per heavy atom. The molecular formula is C12H16N4O3. The molecule has 0 saturated heterocycles. The van der Waals surface area contributed by atoms with Gasteiger partial charge in [-0.2, -0.15) is 0 Å². The molecule has 2 aromatic heterocycles. The minimum Gasteiger partial charge on any atom is -0.454 e. The number of carbonyl (C=O) groups is 1. The van der Waals surface area contributed by atoms with Crippen LogP contribution in [0.15, 0.2) is 16.9 Å². The lowest BCUT2D eigenvalue weighted by atomic mass is 10.3. The molecule has 0 aliphatic carbocycles. The SMILES string of the molecule is Cc1nonc1COC(=O)c1cc(N)cn1C(C)C. The molecule has 2 N–H and O–H groups in total. The molecule has 7 heteroatoms. The summed E-state index contributed by atoms with van der Waals surface area (Å²) in [6.07, 6.45) is 1.71. The standard InChI is InChI=1S/C12H16N4O3/c1-7(2)16-5-9(13)4-11(16)12(17)18-6-10-8(3)14-19-15-10/h4-5,7H,6,13H2,1-3H3. The second-order valence-corrected chi connectivity index (χ2v) is 4.53. The zero-order valence-electron chi connectivity index (χ0n) is 11.1. The number of carbonyl (C=O) groups excluding carboxylic acids is 1. The summed E-state index contributed by atoms with van der Waals surface area (Å²) in [7, 11) is 0. The number of nitrogens with zero attached hydrogens (tertiary/aromatic N) is 3. The van der Waals surface area contributed by atoms with Gasteiger partial charge < -0.3 is 15.0 Å². The number of hydrogen-bond donors (Lipinski definition) is 1. The lowest BCUT2D eigenvalue weighted by Crippen LogP contribution is -2.13. The third-order valence-corrected chi connectivity index (χ3v) is 2.72. The molecule has 102 valence electrons. The number of rotatable bonds is 4. The van der Waals surface area contributed by atoms with Gasteiger partial charge in [-0.05, 0) is 26.8 Å². The third-order valence-electron chi connectivity index (χ3n) is 2.72. The Balaban J connectivity index is 2.10. The molecule has 0 saturated carbocycles. The molecular weight excluding hydrogens is 248 g/mol. The Bertz CT molecular complexity index is 586. The highest BCUT2D eigenvalue weighted by atomic mass is 16.6. The molecule has 0 spiro atoms. The van der Waals surface area contributed by atoms with Crippen LogP contribution in [0.1, 0.15) is 41.8 Å². The zero-order valence-corrected chi connectivity index (χ0v) is 11.1. The molecule has 19 heavy (non-hydrogen) atoms. The monoisotopic (exact) mass is 264 g/mol. The first kappa shape index (κ1) is 13.1. The van der Waals surface area contributed by atoms with Crippen molar-refractivity contribution in [3.05, 3.63) is 29.3 Å². The van der Waals surface area contributed by atoms with Crippen molar-refractivity contribution in [2.24, 2.45) is 0 Å². The second-order valence-electron chi connectivity index (χ2n) is 4.53. The van der Waals surface area contributed by atoms with E-state index in [1.54, 1.807) is 23.8 Å². The Hall–Kier alpha value is -2.31. The van der Waals surface area contributed by atoms with Crippen LogP contribution in [0.3, 0.4) is 0 Å². The fourth-order valence-corrected chi connectivity index (χ4v) is 1.68. The maximum absolute atomic E-state index is 12.0. The number of esters is 1. The number of aryl methyl sites for hydroxylation is 1. The molecule has 0 aliphatic rings. The Morgan fingerprint density at radius 1 is 1.53 bits per heavy atom. The van der Waals surface area contributed by atoms with E-state index in [1.807, 2.05) is 13.8 Å². The molecule has 0 bridgehead atoms. The smallest absolute Gasteiger partial charge is 0.355 e. The zero-order chi connectivity index (χ0) is 14.0. The first-order chi connectivity index (χ1) is 8.99. The molecule has 0 aromatic carbocycles. The van der Waals surface area contributed by atoms with Gasteiger partial charge in [0.05, 0.1) is 5.69 Å². The lowest BCUT2D eigenvalue weighted by molar-refractivity contribution is 0.0449. The first-order valence-electron chi connectivity index (χ1n) is 5.91. The van der Waals surface area contributed by atoms with Crippen LogP contribution in [0, 0.1) is 6.92 Å². The molecule has 2 heterocycles. The fourth-order valence-electron chi connectivity index (χ4n) is 1.68. The summed E-state index contributed by atoms with van der Waals surface area (Å²) < 4.78 is 11.5. The minimum atomic E-state index is -0.451. The predicted molar refractivity (Wildman–Crippen MR) is 67.4 cm³/mol. The number of ether oxygens (including phenoxy) is 1. The van der Waals surface area contributed by atoms with Crippen molar-refractivity contribution in [1.29, 1.82) is 0 Å². The summed E-state index contributed by atoms with van der Waals surface area (Å²) in [4.78, 5) is 12.0. The van der Waals surface area contributed by atoms with Crippen molar-refractivity contribution in [3.63, 3.8) is 0 Å². The van der Waals surface area contributed by atoms with Crippen molar-refractivity contribution >= 4 is 11.7 Å². The van der Waals surface area contributed by atoms with E-state index in [1.165, 1.54) is 0 Å². The highest BCUT2D eigenvalue weighted by Crippen LogP contribution is 2.18. The average molecular weight is 264 g/mol. The van der Waals surface area contributed by atoms with Crippen molar-refractivity contribution in [2.45, 2.75) is 33.4 Å². The molecule has 0 aliphatic heterocycles. The van der Waals surface area contributed by atoms with E-state index >= 15 is 0 Å². The number of hydrogen-bond acceptors (Lipinski definition) is 6. The van der Waals surface area contributed by atoms with Gasteiger partial charge >= 0.3 is 5.97 Å². The highest BCUT2D eigenvalue weighted by molar-refractivity contribution is 5.89. The van der Waals surface area contributed by atoms with Gasteiger partial charge in [-0.1, -0.05) is 10.3 Å². The van der Waals surface area contributed by atoms with Crippen molar-refractivity contribution in [2.75, 3.05) is 5.73 Å². The second kappa shape index (κ2) is 5.13. The fraction of sp³-hybridized carbons (Fsp3) is 0.417. The number of nitrogens with two attached hydrogens (primary N) is 1. The van der Waals surface area contributed by atoms with Gasteiger partial charge in [0.1, 0.15) is 23.7 Å². The van der Waals surface area contributed by atoms with E-state index in [2.05, 4.69) is 14.9 Å². The summed E-state index contributed by atoms with van der Waals surface area (Å²) in [5.74, 6) is -0.451. The van der Waals surface area contributed by atoms with Gasteiger partial charge in [-0.25, -0.2) is 9.42 Å². The quantitative estimate of drug-likeness (QED) is 0.844. The topological polar surface area (TPSA) is 96.2 Å². The summed E-state index contributed by atoms with van der Waals surface area (Å²) in [6.45, 7) is 5.68. The van der Waals surface area contributed by atoms with Crippen LogP contribution in [0.2, 0.25) is 0 Å². The Morgan fingerprint density at radius 3 is 2.84 bits per heavy atom. The molecule has 0 radical (unpaired) electrons. The maximum Gasteiger partial charge on any atom is 0.355 e. The summed E-state index contributed by atoms with van der Waals surface area (Å²) >= 11 is 0. The largest absolute Gasteiger partial charge is 0.454 e. The molecule has 2 aromatic rings. The van der Waals surface area contributed by atoms with E-state index in [0.717, 1.165) is 0 Å². The average Bonchev–Trinajstić information content (AvgIpc) is 2.92. The van der Waals surface area contributed by atoms with Gasteiger partial charge in [0.25, 0.3) is 0 Å². The molecule has 2 rings (SSSR count). The van der Waals surface area contributed by atoms with Crippen LogP contribution in [0.5, 0.6) is 0 Å². The Kier molecular flexibility index (Phi) is 3.55. The van der Waals surface area contributed by atoms with E-state index < -0.39 is 5.97 Å². The molecule has 0 amide bonds. The van der Waals surface area contributed by atoms with Crippen molar-refractivity contribution < 1.29 is 14.2 Å². The number of anilines is 1. The van der Waals surface area contributed by atoms with Crippen LogP contribution in [-0.4, -0.2) is 20.8 Å². The number of nitrogen functional groups attached to an aromatic ring is 1. The van der Waals surface area contributed by atoms with E-state index in [4.69, 9.17) is 10.5 Å². The van der Waals surface area contributed by atoms with Gasteiger partial charge in [0.15, 0.2) is 0 Å². The van der Waals surface area contributed by atoms with E-state index in [-0.39, 0.29) is 12.6 Å². The van der Waals surface area contributed by atoms with Crippen LogP contribution in [-0.2, 0) is 11.3 Å². The molecule has 0 fully saturated rings. The van der Waals surface area contributed by atoms with E-state index in [0.29, 0.717) is 22.8 Å². The molecule has 7 nitrogen and oxygen atoms in total. The van der Waals surface area contributed by atoms with Crippen molar-refractivity contribution in [3.8, 4) is 0 Å². The molecule has 0 unspecified atom stereocenters. The van der Waals surface area contributed by atoms with Crippen LogP contribution in [0.4, 0.5) is 5.69 Å². The van der Waals surface area contributed by atoms with Gasteiger partial charge in [0.2, 0.25) is 0 Å². The van der Waals surface area contributed by atoms with Gasteiger partial charge in [-0.3, -0.25) is 0 Å². The normalized spacial score (nSPS) is 10.9. The first-order valence-corrected chi connectivity index (χ1v) is 5.91. The van der Waals surface area contributed by atoms with Crippen LogP contribution in [0.25, 0.3) is 0 Å². The number of aromatic nitrogens is 3. The Labute approximate surface area is 110 Å². The predicted octanol–water partition coefficient (Wildman–Crippen LogP) is 1.70. The lowest BCUT2D eigenvalue weighted by Gasteiger charge is -2.11. The van der Waals surface area contributed by atoms with Crippen molar-refractivity contribution in [1.82, 2.24) is 14.9 Å². The van der Waals surface area contributed by atoms with Crippen LogP contribution >= 0.6 is 0 Å². The maximum atomic E-state index is 12.0. The van der Waals surface area contributed by atoms with Gasteiger partial charge in [-0.15, -0.1) is 0 Å². The molecule has 0 atom stereocenters. The van der Waals surface area contributed by atoms with Crippen LogP contribution < -0.4 is 5.73 Å². The minimum absolute atomic E-state index is 0.0251. The summed E-state index contributed by atoms with van der Waals surface area (Å²) in [5.41, 5.74) is 7.76. The summed E-state index contributed by atoms with van der Waals surface area (Å²) in [6, 6.07) is 1.71. The third kappa shape index (κ3) is 2.75.